The number of thiophene rings is 1. The van der Waals surface area contributed by atoms with Crippen LogP contribution >= 0.6 is 11.3 Å². The molecule has 0 fully saturated rings. The lowest BCUT2D eigenvalue weighted by Crippen LogP contribution is -1.98. The fourth-order valence-corrected chi connectivity index (χ4v) is 4.00. The topological polar surface area (TPSA) is 82.6 Å². The van der Waals surface area contributed by atoms with Crippen LogP contribution in [-0.4, -0.2) is 21.0 Å². The van der Waals surface area contributed by atoms with Crippen LogP contribution in [0, 0.1) is 0 Å². The number of H-pyrrole nitrogens is 1. The van der Waals surface area contributed by atoms with Gasteiger partial charge in [0.25, 0.3) is 0 Å². The van der Waals surface area contributed by atoms with Gasteiger partial charge < -0.3 is 19.9 Å². The number of phenols is 2. The normalized spacial score (nSPS) is 14.7. The van der Waals surface area contributed by atoms with Crippen molar-refractivity contribution in [3.05, 3.63) is 70.1 Å². The first-order valence-corrected chi connectivity index (χ1v) is 9.19. The highest BCUT2D eigenvalue weighted by Crippen LogP contribution is 2.42. The molecule has 3 N–H and O–H groups in total. The van der Waals surface area contributed by atoms with E-state index in [1.165, 1.54) is 6.07 Å². The number of aromatic hydroxyl groups is 2. The number of nitrogens with one attached hydrogen (secondary N) is 1. The van der Waals surface area contributed by atoms with Gasteiger partial charge in [0.15, 0.2) is 5.76 Å². The van der Waals surface area contributed by atoms with Crippen LogP contribution in [0.3, 0.4) is 0 Å². The van der Waals surface area contributed by atoms with Crippen LogP contribution in [0.1, 0.15) is 15.9 Å². The van der Waals surface area contributed by atoms with Gasteiger partial charge in [-0.2, -0.15) is 11.3 Å². The molecule has 3 heterocycles. The summed E-state index contributed by atoms with van der Waals surface area (Å²) in [7, 11) is 0. The summed E-state index contributed by atoms with van der Waals surface area (Å²) in [6, 6.07) is 12.3. The molecule has 1 aliphatic rings. The number of ether oxygens (including phenoxy) is 1. The number of aromatic nitrogens is 1. The van der Waals surface area contributed by atoms with Gasteiger partial charge in [-0.3, -0.25) is 4.79 Å². The van der Waals surface area contributed by atoms with E-state index in [9.17, 15) is 15.0 Å². The number of fused-ring (bicyclic) bond motifs is 2. The maximum absolute atomic E-state index is 12.7. The molecule has 0 spiro atoms. The highest BCUT2D eigenvalue weighted by Gasteiger charge is 2.32. The molecule has 2 aromatic carbocycles. The van der Waals surface area contributed by atoms with Crippen molar-refractivity contribution in [2.75, 3.05) is 0 Å². The van der Waals surface area contributed by atoms with Gasteiger partial charge in [-0.25, -0.2) is 0 Å². The van der Waals surface area contributed by atoms with Crippen molar-refractivity contribution in [1.82, 2.24) is 4.98 Å². The van der Waals surface area contributed by atoms with Crippen molar-refractivity contribution >= 4 is 34.1 Å². The number of rotatable bonds is 2. The molecule has 0 saturated carbocycles. The lowest BCUT2D eigenvalue weighted by atomic mass is 10.0. The first-order valence-electron chi connectivity index (χ1n) is 8.25. The van der Waals surface area contributed by atoms with Crippen molar-refractivity contribution in [3.8, 4) is 28.5 Å². The Morgan fingerprint density at radius 1 is 1.11 bits per heavy atom. The average Bonchev–Trinajstić information content (AvgIpc) is 3.34. The Morgan fingerprint density at radius 3 is 2.78 bits per heavy atom. The zero-order valence-electron chi connectivity index (χ0n) is 13.9. The predicted octanol–water partition coefficient (Wildman–Crippen LogP) is 4.92. The summed E-state index contributed by atoms with van der Waals surface area (Å²) in [5.74, 6) is -0.612. The smallest absolute Gasteiger partial charge is 0.235 e. The summed E-state index contributed by atoms with van der Waals surface area (Å²) in [5.41, 5.74) is 3.77. The molecule has 5 rings (SSSR count). The van der Waals surface area contributed by atoms with E-state index >= 15 is 0 Å². The minimum atomic E-state index is -0.413. The summed E-state index contributed by atoms with van der Waals surface area (Å²) < 4.78 is 5.66. The summed E-state index contributed by atoms with van der Waals surface area (Å²) in [6.45, 7) is 0. The number of carbonyl (C=O) groups excluding carboxylic acids is 1. The van der Waals surface area contributed by atoms with Crippen LogP contribution in [0.5, 0.6) is 17.2 Å². The Morgan fingerprint density at radius 2 is 1.96 bits per heavy atom. The predicted molar refractivity (Wildman–Crippen MR) is 104 cm³/mol. The minimum absolute atomic E-state index is 0.0657. The maximum atomic E-state index is 12.7. The molecule has 1 aliphatic heterocycles. The molecule has 27 heavy (non-hydrogen) atoms. The van der Waals surface area contributed by atoms with Gasteiger partial charge in [0.2, 0.25) is 5.78 Å². The molecule has 0 aliphatic carbocycles. The number of benzene rings is 2. The maximum Gasteiger partial charge on any atom is 0.235 e. The molecule has 6 heteroatoms. The van der Waals surface area contributed by atoms with Gasteiger partial charge in [-0.05, 0) is 23.6 Å². The molecule has 4 aromatic rings. The van der Waals surface area contributed by atoms with Gasteiger partial charge in [-0.1, -0.05) is 18.2 Å². The standard InChI is InChI=1S/C21H13NO4S/c23-12-7-16(24)19-17(8-12)26-18(21(19)25)9-14-13-3-1-2-4-15(13)22-20(14)11-5-6-27-10-11/h1-10,22-24H/b18-9-. The number of hydrogen-bond donors (Lipinski definition) is 3. The summed E-state index contributed by atoms with van der Waals surface area (Å²) in [5, 5.41) is 24.6. The van der Waals surface area contributed by atoms with Gasteiger partial charge in [0.05, 0.1) is 5.69 Å². The number of para-hydroxylation sites is 1. The van der Waals surface area contributed by atoms with Crippen molar-refractivity contribution < 1.29 is 19.7 Å². The third-order valence-corrected chi connectivity index (χ3v) is 5.25. The van der Waals surface area contributed by atoms with Crippen molar-refractivity contribution in [2.24, 2.45) is 0 Å². The lowest BCUT2D eigenvalue weighted by molar-refractivity contribution is 0.101. The number of allylic oxidation sites excluding steroid dienone is 1. The van der Waals surface area contributed by atoms with Crippen LogP contribution in [0.2, 0.25) is 0 Å². The van der Waals surface area contributed by atoms with E-state index in [4.69, 9.17) is 4.74 Å². The van der Waals surface area contributed by atoms with Crippen LogP contribution < -0.4 is 4.74 Å². The molecule has 0 unspecified atom stereocenters. The van der Waals surface area contributed by atoms with Crippen LogP contribution in [0.25, 0.3) is 28.2 Å². The fraction of sp³-hybridized carbons (Fsp3) is 0. The first kappa shape index (κ1) is 15.7. The Bertz CT molecular complexity index is 1230. The van der Waals surface area contributed by atoms with Crippen LogP contribution in [0.15, 0.2) is 59.0 Å². The number of phenolic OH excluding ortho intramolecular Hbond substituents is 2. The van der Waals surface area contributed by atoms with Gasteiger partial charge in [0, 0.05) is 39.5 Å². The number of carbonyl (C=O) groups is 1. The highest BCUT2D eigenvalue weighted by atomic mass is 32.1. The quantitative estimate of drug-likeness (QED) is 0.434. The Labute approximate surface area is 157 Å². The van der Waals surface area contributed by atoms with Crippen molar-refractivity contribution in [3.63, 3.8) is 0 Å². The molecule has 0 amide bonds. The summed E-state index contributed by atoms with van der Waals surface area (Å²) >= 11 is 1.59. The second kappa shape index (κ2) is 5.75. The zero-order valence-corrected chi connectivity index (χ0v) is 14.7. The van der Waals surface area contributed by atoms with Gasteiger partial charge in [0.1, 0.15) is 22.8 Å². The molecule has 0 bridgehead atoms. The average molecular weight is 375 g/mol. The first-order chi connectivity index (χ1) is 13.1. The monoisotopic (exact) mass is 375 g/mol. The number of Topliss-reactive ketones (excluding diaryl/α,β-unsaturated/α-hetero) is 1. The largest absolute Gasteiger partial charge is 0.508 e. The van der Waals surface area contributed by atoms with Gasteiger partial charge in [-0.15, -0.1) is 0 Å². The third kappa shape index (κ3) is 2.42. The number of hydrogen-bond acceptors (Lipinski definition) is 5. The molecule has 0 saturated heterocycles. The second-order valence-electron chi connectivity index (χ2n) is 6.25. The van der Waals surface area contributed by atoms with Crippen LogP contribution in [0.4, 0.5) is 0 Å². The molecule has 2 aromatic heterocycles. The van der Waals surface area contributed by atoms with Crippen LogP contribution in [-0.2, 0) is 0 Å². The number of ketones is 1. The Hall–Kier alpha value is -3.51. The minimum Gasteiger partial charge on any atom is -0.508 e. The Balaban J connectivity index is 1.70. The van der Waals surface area contributed by atoms with E-state index in [1.54, 1.807) is 17.4 Å². The second-order valence-corrected chi connectivity index (χ2v) is 7.03. The molecule has 0 atom stereocenters. The molecule has 132 valence electrons. The zero-order chi connectivity index (χ0) is 18.5. The molecule has 5 nitrogen and oxygen atoms in total. The fourth-order valence-electron chi connectivity index (χ4n) is 3.36. The Kier molecular flexibility index (Phi) is 3.35. The molecule has 0 radical (unpaired) electrons. The summed E-state index contributed by atoms with van der Waals surface area (Å²) in [6.07, 6.45) is 1.69. The van der Waals surface area contributed by atoms with E-state index in [0.717, 1.165) is 33.8 Å². The van der Waals surface area contributed by atoms with Gasteiger partial charge >= 0.3 is 0 Å². The summed E-state index contributed by atoms with van der Waals surface area (Å²) in [4.78, 5) is 16.1. The SMILES string of the molecule is O=C1/C(=C/c2c(-c3ccsc3)[nH]c3ccccc23)Oc2cc(O)cc(O)c21. The molecular weight excluding hydrogens is 362 g/mol. The van der Waals surface area contributed by atoms with Crippen molar-refractivity contribution in [2.45, 2.75) is 0 Å². The van der Waals surface area contributed by atoms with E-state index in [1.807, 2.05) is 41.1 Å². The molecular formula is C21H13NO4S. The van der Waals surface area contributed by atoms with E-state index in [2.05, 4.69) is 4.98 Å². The van der Waals surface area contributed by atoms with E-state index in [-0.39, 0.29) is 28.6 Å². The van der Waals surface area contributed by atoms with E-state index in [0.29, 0.717) is 0 Å². The van der Waals surface area contributed by atoms with Crippen molar-refractivity contribution in [1.29, 1.82) is 0 Å². The lowest BCUT2D eigenvalue weighted by Gasteiger charge is -2.01. The third-order valence-electron chi connectivity index (χ3n) is 4.57. The van der Waals surface area contributed by atoms with E-state index < -0.39 is 5.78 Å². The number of aromatic amines is 1. The highest BCUT2D eigenvalue weighted by molar-refractivity contribution is 7.08.